The number of amides is 1. The first-order valence-corrected chi connectivity index (χ1v) is 8.38. The molecule has 26 heavy (non-hydrogen) atoms. The summed E-state index contributed by atoms with van der Waals surface area (Å²) in [4.78, 5) is 20.8. The summed E-state index contributed by atoms with van der Waals surface area (Å²) in [5.74, 6) is 0.982. The maximum Gasteiger partial charge on any atom is 0.254 e. The first kappa shape index (κ1) is 17.7. The lowest BCUT2D eigenvalue weighted by atomic mass is 10.2. The van der Waals surface area contributed by atoms with Crippen molar-refractivity contribution >= 4 is 40.5 Å². The number of para-hydroxylation sites is 1. The normalized spacial score (nSPS) is 10.3. The van der Waals surface area contributed by atoms with Gasteiger partial charge in [-0.15, -0.1) is 0 Å². The molecule has 3 N–H and O–H groups in total. The minimum absolute atomic E-state index is 0.243. The quantitative estimate of drug-likeness (QED) is 0.627. The molecule has 7 heteroatoms. The summed E-state index contributed by atoms with van der Waals surface area (Å²) >= 11 is 6.22. The molecule has 1 aromatic carbocycles. The van der Waals surface area contributed by atoms with Crippen molar-refractivity contribution < 1.29 is 4.79 Å². The van der Waals surface area contributed by atoms with Gasteiger partial charge in [-0.2, -0.15) is 0 Å². The highest BCUT2D eigenvalue weighted by Gasteiger charge is 2.13. The van der Waals surface area contributed by atoms with Gasteiger partial charge >= 0.3 is 0 Å². The largest absolute Gasteiger partial charge is 0.355 e. The fraction of sp³-hybridized carbons (Fsp3) is 0.105. The van der Waals surface area contributed by atoms with Crippen LogP contribution in [-0.2, 0) is 0 Å². The Morgan fingerprint density at radius 3 is 2.42 bits per heavy atom. The zero-order valence-electron chi connectivity index (χ0n) is 14.4. The van der Waals surface area contributed by atoms with Crippen molar-refractivity contribution in [3.05, 3.63) is 71.0 Å². The molecule has 0 radical (unpaired) electrons. The number of hydrogen-bond acceptors (Lipinski definition) is 5. The van der Waals surface area contributed by atoms with Gasteiger partial charge in [0.2, 0.25) is 0 Å². The van der Waals surface area contributed by atoms with Gasteiger partial charge in [-0.05, 0) is 30.7 Å². The summed E-state index contributed by atoms with van der Waals surface area (Å²) in [6.07, 6.45) is 3.28. The Labute approximate surface area is 156 Å². The second-order valence-electron chi connectivity index (χ2n) is 5.64. The number of benzene rings is 1. The SMILES string of the molecule is CNC(=O)c1cnc(Nc2ccc(C)cn2)cc1Nc1ccccc1Cl. The Morgan fingerprint density at radius 1 is 0.962 bits per heavy atom. The van der Waals surface area contributed by atoms with E-state index in [2.05, 4.69) is 25.9 Å². The number of carbonyl (C=O) groups excluding carboxylic acids is 1. The third-order valence-corrected chi connectivity index (χ3v) is 4.02. The van der Waals surface area contributed by atoms with Gasteiger partial charge in [-0.1, -0.05) is 29.8 Å². The molecule has 0 bridgehead atoms. The van der Waals surface area contributed by atoms with E-state index in [1.165, 1.54) is 6.20 Å². The fourth-order valence-electron chi connectivity index (χ4n) is 2.32. The van der Waals surface area contributed by atoms with Crippen LogP contribution in [0.2, 0.25) is 5.02 Å². The van der Waals surface area contributed by atoms with E-state index in [0.717, 1.165) is 5.56 Å². The smallest absolute Gasteiger partial charge is 0.254 e. The van der Waals surface area contributed by atoms with Gasteiger partial charge < -0.3 is 16.0 Å². The lowest BCUT2D eigenvalue weighted by molar-refractivity contribution is 0.0963. The standard InChI is InChI=1S/C19H18ClN5O/c1-12-7-8-17(22-10-12)25-18-9-16(13(11-23-18)19(26)21-2)24-15-6-4-3-5-14(15)20/h3-11H,1-2H3,(H,21,26)(H2,22,23,24,25). The molecule has 0 saturated heterocycles. The summed E-state index contributed by atoms with van der Waals surface area (Å²) in [7, 11) is 1.57. The molecule has 2 heterocycles. The van der Waals surface area contributed by atoms with Gasteiger partial charge in [0.25, 0.3) is 5.91 Å². The highest BCUT2D eigenvalue weighted by Crippen LogP contribution is 2.28. The Morgan fingerprint density at radius 2 is 1.73 bits per heavy atom. The summed E-state index contributed by atoms with van der Waals surface area (Å²) in [6.45, 7) is 1.97. The van der Waals surface area contributed by atoms with E-state index < -0.39 is 0 Å². The van der Waals surface area contributed by atoms with Gasteiger partial charge in [0, 0.05) is 25.5 Å². The number of hydrogen-bond donors (Lipinski definition) is 3. The minimum Gasteiger partial charge on any atom is -0.355 e. The number of anilines is 4. The molecule has 1 amide bonds. The number of carbonyl (C=O) groups is 1. The Bertz CT molecular complexity index is 927. The first-order valence-electron chi connectivity index (χ1n) is 8.00. The van der Waals surface area contributed by atoms with E-state index in [-0.39, 0.29) is 5.91 Å². The summed E-state index contributed by atoms with van der Waals surface area (Å²) in [5.41, 5.74) is 2.77. The molecule has 0 aliphatic rings. The fourth-order valence-corrected chi connectivity index (χ4v) is 2.51. The highest BCUT2D eigenvalue weighted by atomic mass is 35.5. The van der Waals surface area contributed by atoms with Gasteiger partial charge in [0.05, 0.1) is 22.0 Å². The van der Waals surface area contributed by atoms with E-state index in [1.54, 1.807) is 25.4 Å². The van der Waals surface area contributed by atoms with Crippen LogP contribution in [0, 0.1) is 6.92 Å². The van der Waals surface area contributed by atoms with Gasteiger partial charge in [0.15, 0.2) is 0 Å². The zero-order valence-corrected chi connectivity index (χ0v) is 15.1. The number of nitrogens with one attached hydrogen (secondary N) is 3. The van der Waals surface area contributed by atoms with Crippen molar-refractivity contribution in [3.8, 4) is 0 Å². The maximum atomic E-state index is 12.2. The number of rotatable bonds is 5. The lowest BCUT2D eigenvalue weighted by Crippen LogP contribution is -2.19. The van der Waals surface area contributed by atoms with Crippen molar-refractivity contribution in [1.82, 2.24) is 15.3 Å². The Hall–Kier alpha value is -3.12. The summed E-state index contributed by atoms with van der Waals surface area (Å²) < 4.78 is 0. The molecular weight excluding hydrogens is 350 g/mol. The Balaban J connectivity index is 1.94. The molecule has 0 fully saturated rings. The third kappa shape index (κ3) is 4.10. The average molecular weight is 368 g/mol. The van der Waals surface area contributed by atoms with E-state index >= 15 is 0 Å². The molecule has 6 nitrogen and oxygen atoms in total. The predicted molar refractivity (Wildman–Crippen MR) is 105 cm³/mol. The van der Waals surface area contributed by atoms with Crippen LogP contribution < -0.4 is 16.0 Å². The predicted octanol–water partition coefficient (Wildman–Crippen LogP) is 4.29. The van der Waals surface area contributed by atoms with Crippen LogP contribution in [0.1, 0.15) is 15.9 Å². The van der Waals surface area contributed by atoms with Crippen molar-refractivity contribution in [1.29, 1.82) is 0 Å². The second kappa shape index (κ2) is 7.84. The Kier molecular flexibility index (Phi) is 5.34. The molecule has 0 aliphatic carbocycles. The highest BCUT2D eigenvalue weighted by molar-refractivity contribution is 6.33. The van der Waals surface area contributed by atoms with Crippen LogP contribution in [0.25, 0.3) is 0 Å². The molecule has 0 aliphatic heterocycles. The molecule has 3 aromatic rings. The molecule has 0 saturated carbocycles. The van der Waals surface area contributed by atoms with Crippen molar-refractivity contribution in [3.63, 3.8) is 0 Å². The number of pyridine rings is 2. The van der Waals surface area contributed by atoms with Crippen LogP contribution in [0.15, 0.2) is 54.9 Å². The van der Waals surface area contributed by atoms with Crippen molar-refractivity contribution in [2.24, 2.45) is 0 Å². The maximum absolute atomic E-state index is 12.2. The van der Waals surface area contributed by atoms with E-state index in [0.29, 0.717) is 33.6 Å². The number of aromatic nitrogens is 2. The number of halogens is 1. The monoisotopic (exact) mass is 367 g/mol. The lowest BCUT2D eigenvalue weighted by Gasteiger charge is -2.14. The van der Waals surface area contributed by atoms with Crippen LogP contribution in [0.4, 0.5) is 23.0 Å². The number of aryl methyl sites for hydroxylation is 1. The van der Waals surface area contributed by atoms with E-state index in [1.807, 2.05) is 37.3 Å². The van der Waals surface area contributed by atoms with E-state index in [9.17, 15) is 4.79 Å². The molecule has 132 valence electrons. The third-order valence-electron chi connectivity index (χ3n) is 3.69. The van der Waals surface area contributed by atoms with E-state index in [4.69, 9.17) is 11.6 Å². The average Bonchev–Trinajstić information content (AvgIpc) is 2.65. The molecule has 0 atom stereocenters. The van der Waals surface area contributed by atoms with Crippen LogP contribution >= 0.6 is 11.6 Å². The second-order valence-corrected chi connectivity index (χ2v) is 6.05. The molecule has 2 aromatic heterocycles. The minimum atomic E-state index is -0.243. The van der Waals surface area contributed by atoms with Gasteiger partial charge in [-0.3, -0.25) is 4.79 Å². The van der Waals surface area contributed by atoms with Crippen LogP contribution in [0.5, 0.6) is 0 Å². The molecule has 0 spiro atoms. The summed E-state index contributed by atoms with van der Waals surface area (Å²) in [5, 5.41) is 9.50. The van der Waals surface area contributed by atoms with Crippen LogP contribution in [-0.4, -0.2) is 22.9 Å². The van der Waals surface area contributed by atoms with Gasteiger partial charge in [-0.25, -0.2) is 9.97 Å². The zero-order chi connectivity index (χ0) is 18.5. The van der Waals surface area contributed by atoms with Crippen LogP contribution in [0.3, 0.4) is 0 Å². The summed E-state index contributed by atoms with van der Waals surface area (Å²) in [6, 6.07) is 12.9. The topological polar surface area (TPSA) is 78.9 Å². The molecule has 3 rings (SSSR count). The van der Waals surface area contributed by atoms with Gasteiger partial charge in [0.1, 0.15) is 11.6 Å². The number of nitrogens with zero attached hydrogens (tertiary/aromatic N) is 2. The van der Waals surface area contributed by atoms with Crippen molar-refractivity contribution in [2.45, 2.75) is 6.92 Å². The molecule has 0 unspecified atom stereocenters. The van der Waals surface area contributed by atoms with Crippen molar-refractivity contribution in [2.75, 3.05) is 17.7 Å². The molecular formula is C19H18ClN5O. The first-order chi connectivity index (χ1) is 12.6.